The summed E-state index contributed by atoms with van der Waals surface area (Å²) in [5, 5.41) is 18.8. The van der Waals surface area contributed by atoms with Crippen LogP contribution in [0.4, 0.5) is 10.5 Å². The van der Waals surface area contributed by atoms with Crippen LogP contribution < -0.4 is 16.0 Å². The average Bonchev–Trinajstić information content (AvgIpc) is 2.77. The van der Waals surface area contributed by atoms with E-state index >= 15 is 0 Å². The molecule has 18 heavy (non-hydrogen) atoms. The molecule has 1 heterocycles. The molecule has 0 spiro atoms. The highest BCUT2D eigenvalue weighted by Crippen LogP contribution is 2.20. The van der Waals surface area contributed by atoms with Crippen molar-refractivity contribution in [3.05, 3.63) is 29.3 Å². The number of anilines is 1. The van der Waals surface area contributed by atoms with E-state index in [1.54, 1.807) is 24.3 Å². The van der Waals surface area contributed by atoms with Gasteiger partial charge >= 0.3 is 6.03 Å². The summed E-state index contributed by atoms with van der Waals surface area (Å²) in [6.07, 6.45) is 0.638. The normalized spacial score (nSPS) is 22.8. The molecule has 0 bridgehead atoms. The maximum Gasteiger partial charge on any atom is 0.319 e. The van der Waals surface area contributed by atoms with Crippen molar-refractivity contribution in [2.45, 2.75) is 12.0 Å². The van der Waals surface area contributed by atoms with E-state index in [4.69, 9.17) is 11.6 Å². The molecule has 1 aromatic rings. The van der Waals surface area contributed by atoms with E-state index in [1.807, 2.05) is 0 Å². The Bertz CT molecular complexity index is 433. The zero-order valence-electron chi connectivity index (χ0n) is 9.87. The summed E-state index contributed by atoms with van der Waals surface area (Å²) in [5.74, 6) is 0. The van der Waals surface area contributed by atoms with Crippen LogP contribution in [-0.4, -0.2) is 36.4 Å². The SMILES string of the molecule is O=C(NC[C@]1(O)CCNC1)Nc1ccccc1Cl. The van der Waals surface area contributed by atoms with Crippen molar-refractivity contribution < 1.29 is 9.90 Å². The predicted octanol–water partition coefficient (Wildman–Crippen LogP) is 1.19. The monoisotopic (exact) mass is 269 g/mol. The van der Waals surface area contributed by atoms with E-state index in [-0.39, 0.29) is 12.6 Å². The zero-order chi connectivity index (χ0) is 13.0. The summed E-state index contributed by atoms with van der Waals surface area (Å²) >= 11 is 5.92. The van der Waals surface area contributed by atoms with Gasteiger partial charge in [-0.2, -0.15) is 0 Å². The molecular formula is C12H16ClN3O2. The Morgan fingerprint density at radius 2 is 2.28 bits per heavy atom. The fraction of sp³-hybridized carbons (Fsp3) is 0.417. The second kappa shape index (κ2) is 5.56. The summed E-state index contributed by atoms with van der Waals surface area (Å²) in [5.41, 5.74) is -0.300. The van der Waals surface area contributed by atoms with E-state index in [2.05, 4.69) is 16.0 Å². The van der Waals surface area contributed by atoms with Gasteiger partial charge in [-0.15, -0.1) is 0 Å². The van der Waals surface area contributed by atoms with Gasteiger partial charge in [-0.3, -0.25) is 0 Å². The molecule has 2 amide bonds. The van der Waals surface area contributed by atoms with Crippen molar-refractivity contribution in [1.82, 2.24) is 10.6 Å². The first-order valence-electron chi connectivity index (χ1n) is 5.82. The number of β-amino-alcohol motifs (C(OH)–C–C–N with tert-alkyl or cyclic N) is 1. The maximum atomic E-state index is 11.7. The number of para-hydroxylation sites is 1. The molecule has 5 nitrogen and oxygen atoms in total. The molecule has 1 atom stereocenters. The minimum absolute atomic E-state index is 0.219. The lowest BCUT2D eigenvalue weighted by molar-refractivity contribution is 0.0640. The molecule has 0 aromatic heterocycles. The molecule has 6 heteroatoms. The van der Waals surface area contributed by atoms with Crippen LogP contribution in [0.2, 0.25) is 5.02 Å². The number of carbonyl (C=O) groups excluding carboxylic acids is 1. The molecule has 4 N–H and O–H groups in total. The van der Waals surface area contributed by atoms with E-state index < -0.39 is 5.60 Å². The number of hydrogen-bond donors (Lipinski definition) is 4. The number of aliphatic hydroxyl groups is 1. The Labute approximate surface area is 111 Å². The largest absolute Gasteiger partial charge is 0.387 e. The summed E-state index contributed by atoms with van der Waals surface area (Å²) in [6, 6.07) is 6.62. The second-order valence-corrected chi connectivity index (χ2v) is 4.85. The van der Waals surface area contributed by atoms with E-state index in [9.17, 15) is 9.90 Å². The molecule has 0 unspecified atom stereocenters. The minimum Gasteiger partial charge on any atom is -0.387 e. The molecule has 1 aromatic carbocycles. The van der Waals surface area contributed by atoms with Gasteiger partial charge in [0.2, 0.25) is 0 Å². The average molecular weight is 270 g/mol. The van der Waals surface area contributed by atoms with Gasteiger partial charge < -0.3 is 21.1 Å². The van der Waals surface area contributed by atoms with Crippen molar-refractivity contribution >= 4 is 23.3 Å². The van der Waals surface area contributed by atoms with E-state index in [0.717, 1.165) is 6.54 Å². The summed E-state index contributed by atoms with van der Waals surface area (Å²) < 4.78 is 0. The quantitative estimate of drug-likeness (QED) is 0.666. The van der Waals surface area contributed by atoms with Crippen LogP contribution in [0.3, 0.4) is 0 Å². The molecule has 1 aliphatic rings. The van der Waals surface area contributed by atoms with Gasteiger partial charge in [0.1, 0.15) is 0 Å². The van der Waals surface area contributed by atoms with Crippen LogP contribution in [0.25, 0.3) is 0 Å². The molecule has 0 radical (unpaired) electrons. The van der Waals surface area contributed by atoms with Gasteiger partial charge in [-0.05, 0) is 25.1 Å². The Kier molecular flexibility index (Phi) is 4.06. The second-order valence-electron chi connectivity index (χ2n) is 4.44. The third-order valence-electron chi connectivity index (χ3n) is 2.92. The molecule has 0 saturated carbocycles. The van der Waals surface area contributed by atoms with Gasteiger partial charge in [0.25, 0.3) is 0 Å². The van der Waals surface area contributed by atoms with Crippen LogP contribution >= 0.6 is 11.6 Å². The molecule has 0 aliphatic carbocycles. The highest BCUT2D eigenvalue weighted by Gasteiger charge is 2.31. The number of halogens is 1. The Hall–Kier alpha value is -1.30. The molecule has 2 rings (SSSR count). The van der Waals surface area contributed by atoms with E-state index in [0.29, 0.717) is 23.7 Å². The highest BCUT2D eigenvalue weighted by molar-refractivity contribution is 6.33. The highest BCUT2D eigenvalue weighted by atomic mass is 35.5. The molecule has 1 aliphatic heterocycles. The first-order chi connectivity index (χ1) is 8.59. The van der Waals surface area contributed by atoms with Crippen LogP contribution in [0.5, 0.6) is 0 Å². The smallest absolute Gasteiger partial charge is 0.319 e. The molecule has 1 saturated heterocycles. The number of carbonyl (C=O) groups is 1. The predicted molar refractivity (Wildman–Crippen MR) is 70.9 cm³/mol. The Morgan fingerprint density at radius 1 is 1.50 bits per heavy atom. The first kappa shape index (κ1) is 13.1. The van der Waals surface area contributed by atoms with Crippen molar-refractivity contribution in [3.63, 3.8) is 0 Å². The molecule has 1 fully saturated rings. The summed E-state index contributed by atoms with van der Waals surface area (Å²) in [7, 11) is 0. The number of hydrogen-bond acceptors (Lipinski definition) is 3. The van der Waals surface area contributed by atoms with Gasteiger partial charge in [0.05, 0.1) is 16.3 Å². The lowest BCUT2D eigenvalue weighted by Gasteiger charge is -2.21. The fourth-order valence-corrected chi connectivity index (χ4v) is 2.04. The third kappa shape index (κ3) is 3.35. The van der Waals surface area contributed by atoms with Gasteiger partial charge in [0, 0.05) is 13.1 Å². The number of amides is 2. The third-order valence-corrected chi connectivity index (χ3v) is 3.25. The lowest BCUT2D eigenvalue weighted by atomic mass is 10.0. The van der Waals surface area contributed by atoms with Crippen LogP contribution in [-0.2, 0) is 0 Å². The minimum atomic E-state index is -0.849. The Balaban J connectivity index is 1.84. The fourth-order valence-electron chi connectivity index (χ4n) is 1.86. The standard InChI is InChI=1S/C12H16ClN3O2/c13-9-3-1-2-4-10(9)16-11(17)15-8-12(18)5-6-14-7-12/h1-4,14,18H,5-8H2,(H2,15,16,17)/t12-/m0/s1. The van der Waals surface area contributed by atoms with Crippen molar-refractivity contribution in [3.8, 4) is 0 Å². The molecule has 98 valence electrons. The van der Waals surface area contributed by atoms with E-state index in [1.165, 1.54) is 0 Å². The van der Waals surface area contributed by atoms with Gasteiger partial charge in [-0.1, -0.05) is 23.7 Å². The van der Waals surface area contributed by atoms with Crippen molar-refractivity contribution in [1.29, 1.82) is 0 Å². The summed E-state index contributed by atoms with van der Waals surface area (Å²) in [4.78, 5) is 11.7. The van der Waals surface area contributed by atoms with Gasteiger partial charge in [0.15, 0.2) is 0 Å². The number of nitrogens with one attached hydrogen (secondary N) is 3. The topological polar surface area (TPSA) is 73.4 Å². The number of rotatable bonds is 3. The van der Waals surface area contributed by atoms with Crippen LogP contribution in [0.15, 0.2) is 24.3 Å². The summed E-state index contributed by atoms with van der Waals surface area (Å²) in [6.45, 7) is 1.49. The van der Waals surface area contributed by atoms with Crippen LogP contribution in [0, 0.1) is 0 Å². The van der Waals surface area contributed by atoms with Crippen LogP contribution in [0.1, 0.15) is 6.42 Å². The number of benzene rings is 1. The zero-order valence-corrected chi connectivity index (χ0v) is 10.6. The maximum absolute atomic E-state index is 11.7. The van der Waals surface area contributed by atoms with Gasteiger partial charge in [-0.25, -0.2) is 4.79 Å². The lowest BCUT2D eigenvalue weighted by Crippen LogP contribution is -2.45. The molecular weight excluding hydrogens is 254 g/mol. The van der Waals surface area contributed by atoms with Crippen molar-refractivity contribution in [2.24, 2.45) is 0 Å². The first-order valence-corrected chi connectivity index (χ1v) is 6.19. The van der Waals surface area contributed by atoms with Crippen molar-refractivity contribution in [2.75, 3.05) is 25.0 Å². The number of urea groups is 1. The Morgan fingerprint density at radius 3 is 2.94 bits per heavy atom.